The van der Waals surface area contributed by atoms with Crippen molar-refractivity contribution in [2.75, 3.05) is 11.9 Å². The van der Waals surface area contributed by atoms with Gasteiger partial charge in [0.2, 0.25) is 5.91 Å². The molecule has 19 heavy (non-hydrogen) atoms. The lowest BCUT2D eigenvalue weighted by Crippen LogP contribution is -2.50. The lowest BCUT2D eigenvalue weighted by atomic mass is 10.1. The molecule has 0 aromatic carbocycles. The fraction of sp³-hybridized carbons (Fsp3) is 0.643. The fourth-order valence-electron chi connectivity index (χ4n) is 1.73. The molecule has 1 unspecified atom stereocenters. The predicted octanol–water partition coefficient (Wildman–Crippen LogP) is 1.83. The Kier molecular flexibility index (Phi) is 4.50. The minimum absolute atomic E-state index is 0.0103. The highest BCUT2D eigenvalue weighted by Crippen LogP contribution is 2.14. The second-order valence-corrected chi connectivity index (χ2v) is 5.94. The highest BCUT2D eigenvalue weighted by atomic mass is 16.2. The molecule has 1 aromatic rings. The molecule has 0 aliphatic carbocycles. The first kappa shape index (κ1) is 15.4. The molecule has 1 N–H and O–H groups in total. The Balaban J connectivity index is 2.87. The molecule has 5 nitrogen and oxygen atoms in total. The van der Waals surface area contributed by atoms with Crippen LogP contribution in [0, 0.1) is 13.8 Å². The molecule has 1 atom stereocenters. The van der Waals surface area contributed by atoms with Crippen molar-refractivity contribution in [2.24, 2.45) is 0 Å². The van der Waals surface area contributed by atoms with Crippen molar-refractivity contribution in [3.8, 4) is 0 Å². The van der Waals surface area contributed by atoms with E-state index >= 15 is 0 Å². The molecule has 1 rings (SSSR count). The number of nitrogens with zero attached hydrogens (tertiary/aromatic N) is 3. The minimum Gasteiger partial charge on any atom is -0.350 e. The molecule has 106 valence electrons. The quantitative estimate of drug-likeness (QED) is 0.905. The lowest BCUT2D eigenvalue weighted by Gasteiger charge is -2.29. The molecular weight excluding hydrogens is 240 g/mol. The Hall–Kier alpha value is -1.65. The molecule has 0 fully saturated rings. The number of hydrogen-bond acceptors (Lipinski definition) is 4. The van der Waals surface area contributed by atoms with E-state index in [1.54, 1.807) is 0 Å². The van der Waals surface area contributed by atoms with Crippen LogP contribution in [0.5, 0.6) is 0 Å². The molecule has 0 aliphatic rings. The van der Waals surface area contributed by atoms with E-state index in [0.29, 0.717) is 5.82 Å². The zero-order valence-electron chi connectivity index (χ0n) is 12.9. The van der Waals surface area contributed by atoms with Gasteiger partial charge in [0.25, 0.3) is 0 Å². The number of likely N-dealkylation sites (N-methyl/N-ethyl adjacent to an activating group) is 1. The number of hydrogen-bond donors (Lipinski definition) is 1. The van der Waals surface area contributed by atoms with E-state index in [4.69, 9.17) is 0 Å². The van der Waals surface area contributed by atoms with Gasteiger partial charge in [0.15, 0.2) is 0 Å². The SMILES string of the molecule is Cc1cc(N(C)C(C)C(=O)NC(C)(C)C)nc(C)n1. The van der Waals surface area contributed by atoms with Crippen molar-refractivity contribution in [2.45, 2.75) is 53.1 Å². The first-order valence-electron chi connectivity index (χ1n) is 6.47. The van der Waals surface area contributed by atoms with E-state index in [1.807, 2.05) is 59.6 Å². The van der Waals surface area contributed by atoms with Crippen LogP contribution in [-0.4, -0.2) is 34.5 Å². The zero-order chi connectivity index (χ0) is 14.8. The molecule has 0 radical (unpaired) electrons. The van der Waals surface area contributed by atoms with E-state index in [9.17, 15) is 4.79 Å². The van der Waals surface area contributed by atoms with Crippen LogP contribution in [0.15, 0.2) is 6.07 Å². The summed E-state index contributed by atoms with van der Waals surface area (Å²) in [6, 6.07) is 1.60. The van der Waals surface area contributed by atoms with E-state index in [0.717, 1.165) is 11.5 Å². The summed E-state index contributed by atoms with van der Waals surface area (Å²) in [6.45, 7) is 11.5. The Morgan fingerprint density at radius 2 is 1.89 bits per heavy atom. The predicted molar refractivity (Wildman–Crippen MR) is 77.3 cm³/mol. The maximum atomic E-state index is 12.1. The first-order valence-corrected chi connectivity index (χ1v) is 6.47. The highest BCUT2D eigenvalue weighted by Gasteiger charge is 2.23. The maximum absolute atomic E-state index is 12.1. The van der Waals surface area contributed by atoms with Crippen LogP contribution in [0.25, 0.3) is 0 Å². The van der Waals surface area contributed by atoms with Crippen LogP contribution < -0.4 is 10.2 Å². The van der Waals surface area contributed by atoms with Crippen molar-refractivity contribution in [3.05, 3.63) is 17.6 Å². The Morgan fingerprint density at radius 1 is 1.32 bits per heavy atom. The molecule has 5 heteroatoms. The summed E-state index contributed by atoms with van der Waals surface area (Å²) in [4.78, 5) is 22.6. The third kappa shape index (κ3) is 4.50. The van der Waals surface area contributed by atoms with E-state index in [1.165, 1.54) is 0 Å². The van der Waals surface area contributed by atoms with Crippen molar-refractivity contribution in [1.82, 2.24) is 15.3 Å². The van der Waals surface area contributed by atoms with Gasteiger partial charge in [0.1, 0.15) is 17.7 Å². The van der Waals surface area contributed by atoms with Crippen molar-refractivity contribution >= 4 is 11.7 Å². The summed E-state index contributed by atoms with van der Waals surface area (Å²) in [5.74, 6) is 1.47. The zero-order valence-corrected chi connectivity index (χ0v) is 12.9. The Labute approximate surface area is 115 Å². The number of rotatable bonds is 3. The monoisotopic (exact) mass is 264 g/mol. The van der Waals surface area contributed by atoms with Crippen LogP contribution in [0.2, 0.25) is 0 Å². The maximum Gasteiger partial charge on any atom is 0.242 e. The second kappa shape index (κ2) is 5.55. The third-order valence-electron chi connectivity index (χ3n) is 2.77. The molecule has 0 aliphatic heterocycles. The number of anilines is 1. The molecular formula is C14H24N4O. The fourth-order valence-corrected chi connectivity index (χ4v) is 1.73. The van der Waals surface area contributed by atoms with Crippen molar-refractivity contribution in [1.29, 1.82) is 0 Å². The Morgan fingerprint density at radius 3 is 2.37 bits per heavy atom. The molecule has 0 saturated carbocycles. The smallest absolute Gasteiger partial charge is 0.242 e. The van der Waals surface area contributed by atoms with E-state index in [-0.39, 0.29) is 17.5 Å². The largest absolute Gasteiger partial charge is 0.350 e. The van der Waals surface area contributed by atoms with Gasteiger partial charge in [0.05, 0.1) is 0 Å². The molecule has 1 amide bonds. The summed E-state index contributed by atoms with van der Waals surface area (Å²) in [5.41, 5.74) is 0.668. The summed E-state index contributed by atoms with van der Waals surface area (Å²) in [6.07, 6.45) is 0. The summed E-state index contributed by atoms with van der Waals surface area (Å²) in [5, 5.41) is 2.97. The average Bonchev–Trinajstić information content (AvgIpc) is 2.23. The van der Waals surface area contributed by atoms with Crippen LogP contribution in [0.4, 0.5) is 5.82 Å². The number of aryl methyl sites for hydroxylation is 2. The van der Waals surface area contributed by atoms with Gasteiger partial charge in [-0.05, 0) is 41.5 Å². The summed E-state index contributed by atoms with van der Waals surface area (Å²) in [7, 11) is 1.87. The van der Waals surface area contributed by atoms with Gasteiger partial charge in [-0.3, -0.25) is 4.79 Å². The van der Waals surface area contributed by atoms with Gasteiger partial charge >= 0.3 is 0 Å². The number of carbonyl (C=O) groups is 1. The first-order chi connectivity index (χ1) is 8.60. The van der Waals surface area contributed by atoms with Crippen LogP contribution in [0.1, 0.15) is 39.2 Å². The van der Waals surface area contributed by atoms with Gasteiger partial charge in [-0.1, -0.05) is 0 Å². The molecule has 1 heterocycles. The van der Waals surface area contributed by atoms with Gasteiger partial charge in [-0.25, -0.2) is 9.97 Å². The summed E-state index contributed by atoms with van der Waals surface area (Å²) >= 11 is 0. The number of amides is 1. The summed E-state index contributed by atoms with van der Waals surface area (Å²) < 4.78 is 0. The highest BCUT2D eigenvalue weighted by molar-refractivity contribution is 5.84. The normalized spacial score (nSPS) is 13.0. The molecule has 0 bridgehead atoms. The lowest BCUT2D eigenvalue weighted by molar-refractivity contribution is -0.123. The van der Waals surface area contributed by atoms with E-state index in [2.05, 4.69) is 15.3 Å². The minimum atomic E-state index is -0.284. The Bertz CT molecular complexity index is 445. The van der Waals surface area contributed by atoms with Crippen LogP contribution >= 0.6 is 0 Å². The van der Waals surface area contributed by atoms with Crippen LogP contribution in [-0.2, 0) is 4.79 Å². The average molecular weight is 264 g/mol. The number of carbonyl (C=O) groups excluding carboxylic acids is 1. The number of nitrogens with one attached hydrogen (secondary N) is 1. The van der Waals surface area contributed by atoms with Gasteiger partial charge < -0.3 is 10.2 Å². The van der Waals surface area contributed by atoms with Crippen molar-refractivity contribution in [3.63, 3.8) is 0 Å². The van der Waals surface area contributed by atoms with Crippen LogP contribution in [0.3, 0.4) is 0 Å². The van der Waals surface area contributed by atoms with Crippen molar-refractivity contribution < 1.29 is 4.79 Å². The van der Waals surface area contributed by atoms with Gasteiger partial charge in [-0.15, -0.1) is 0 Å². The second-order valence-electron chi connectivity index (χ2n) is 5.94. The standard InChI is InChI=1S/C14H24N4O/c1-9-8-12(16-11(3)15-9)18(7)10(2)13(19)17-14(4,5)6/h8,10H,1-7H3,(H,17,19). The topological polar surface area (TPSA) is 58.1 Å². The molecule has 1 aromatic heterocycles. The van der Waals surface area contributed by atoms with Gasteiger partial charge in [0, 0.05) is 24.3 Å². The molecule has 0 saturated heterocycles. The van der Waals surface area contributed by atoms with E-state index < -0.39 is 0 Å². The molecule has 0 spiro atoms. The number of aromatic nitrogens is 2. The third-order valence-corrected chi connectivity index (χ3v) is 2.77. The van der Waals surface area contributed by atoms with Gasteiger partial charge in [-0.2, -0.15) is 0 Å².